The smallest absolute Gasteiger partial charge is 0.274 e. The fourth-order valence-corrected chi connectivity index (χ4v) is 3.03. The molecule has 0 aliphatic rings. The molecule has 0 saturated carbocycles. The van der Waals surface area contributed by atoms with Crippen molar-refractivity contribution >= 4 is 11.5 Å². The van der Waals surface area contributed by atoms with Crippen LogP contribution in [0.2, 0.25) is 0 Å². The van der Waals surface area contributed by atoms with Gasteiger partial charge in [0, 0.05) is 17.3 Å². The van der Waals surface area contributed by atoms with Gasteiger partial charge in [-0.25, -0.2) is 4.98 Å². The topological polar surface area (TPSA) is 75.1 Å². The molecule has 0 aliphatic heterocycles. The van der Waals surface area contributed by atoms with E-state index in [4.69, 9.17) is 0 Å². The zero-order valence-electron chi connectivity index (χ0n) is 15.4. The molecule has 0 radical (unpaired) electrons. The van der Waals surface area contributed by atoms with Crippen molar-refractivity contribution in [3.05, 3.63) is 81.8 Å². The van der Waals surface area contributed by atoms with Gasteiger partial charge < -0.3 is 5.32 Å². The molecule has 6 nitrogen and oxygen atoms in total. The van der Waals surface area contributed by atoms with E-state index >= 15 is 0 Å². The fraction of sp³-hybridized carbons (Fsp3) is 0.190. The summed E-state index contributed by atoms with van der Waals surface area (Å²) in [4.78, 5) is 21.5. The summed E-state index contributed by atoms with van der Waals surface area (Å²) in [7, 11) is 0. The van der Waals surface area contributed by atoms with Crippen LogP contribution in [0.15, 0.2) is 59.4 Å². The maximum Gasteiger partial charge on any atom is 0.274 e. The normalized spacial score (nSPS) is 11.0. The zero-order valence-corrected chi connectivity index (χ0v) is 15.4. The first-order chi connectivity index (χ1) is 13.1. The van der Waals surface area contributed by atoms with Gasteiger partial charge in [-0.05, 0) is 36.6 Å². The van der Waals surface area contributed by atoms with Crippen LogP contribution in [-0.4, -0.2) is 19.6 Å². The highest BCUT2D eigenvalue weighted by Gasteiger charge is 2.11. The van der Waals surface area contributed by atoms with Crippen molar-refractivity contribution in [1.29, 1.82) is 0 Å². The standard InChI is InChI=1S/C21H21N5O/c1-3-15-8-10-16(11-9-15)22-13-17-12-19(27)26-21(23-17)24-20(25-26)18-7-5-4-6-14(18)2/h4-12,22H,3,13H2,1-2H3,(H,23,24,25). The van der Waals surface area contributed by atoms with Gasteiger partial charge in [-0.15, -0.1) is 0 Å². The summed E-state index contributed by atoms with van der Waals surface area (Å²) < 4.78 is 1.38. The number of aryl methyl sites for hydroxylation is 2. The van der Waals surface area contributed by atoms with Crippen LogP contribution in [0.1, 0.15) is 23.7 Å². The van der Waals surface area contributed by atoms with Crippen molar-refractivity contribution in [2.24, 2.45) is 0 Å². The molecule has 27 heavy (non-hydrogen) atoms. The lowest BCUT2D eigenvalue weighted by Gasteiger charge is -2.06. The minimum absolute atomic E-state index is 0.175. The van der Waals surface area contributed by atoms with E-state index in [1.807, 2.05) is 43.3 Å². The minimum Gasteiger partial charge on any atom is -0.379 e. The van der Waals surface area contributed by atoms with Gasteiger partial charge in [0.15, 0.2) is 5.82 Å². The second-order valence-electron chi connectivity index (χ2n) is 6.51. The average Bonchev–Trinajstić information content (AvgIpc) is 3.11. The molecular formula is C21H21N5O. The molecule has 0 spiro atoms. The van der Waals surface area contributed by atoms with Crippen LogP contribution in [-0.2, 0) is 13.0 Å². The molecule has 136 valence electrons. The fourth-order valence-electron chi connectivity index (χ4n) is 3.03. The Labute approximate surface area is 156 Å². The van der Waals surface area contributed by atoms with Crippen molar-refractivity contribution in [3.63, 3.8) is 0 Å². The number of benzene rings is 2. The van der Waals surface area contributed by atoms with Crippen molar-refractivity contribution in [3.8, 4) is 11.4 Å². The number of fused-ring (bicyclic) bond motifs is 1. The second kappa shape index (κ2) is 7.07. The Morgan fingerprint density at radius 1 is 1.07 bits per heavy atom. The van der Waals surface area contributed by atoms with Crippen LogP contribution in [0, 0.1) is 6.92 Å². The van der Waals surface area contributed by atoms with Crippen LogP contribution in [0.4, 0.5) is 5.69 Å². The third-order valence-electron chi connectivity index (χ3n) is 4.62. The van der Waals surface area contributed by atoms with E-state index in [1.54, 1.807) is 0 Å². The van der Waals surface area contributed by atoms with E-state index in [0.717, 1.165) is 23.2 Å². The number of nitrogens with one attached hydrogen (secondary N) is 2. The average molecular weight is 359 g/mol. The third-order valence-corrected chi connectivity index (χ3v) is 4.62. The number of anilines is 1. The van der Waals surface area contributed by atoms with Gasteiger partial charge in [0.05, 0.1) is 12.2 Å². The van der Waals surface area contributed by atoms with Gasteiger partial charge in [0.2, 0.25) is 0 Å². The summed E-state index contributed by atoms with van der Waals surface area (Å²) >= 11 is 0. The predicted molar refractivity (Wildman–Crippen MR) is 107 cm³/mol. The van der Waals surface area contributed by atoms with Gasteiger partial charge >= 0.3 is 0 Å². The monoisotopic (exact) mass is 359 g/mol. The summed E-state index contributed by atoms with van der Waals surface area (Å²) in [6, 6.07) is 17.7. The van der Waals surface area contributed by atoms with Crippen molar-refractivity contribution in [2.75, 3.05) is 5.32 Å². The highest BCUT2D eigenvalue weighted by molar-refractivity contribution is 5.61. The molecule has 0 fully saturated rings. The van der Waals surface area contributed by atoms with Crippen LogP contribution in [0.3, 0.4) is 0 Å². The van der Waals surface area contributed by atoms with E-state index in [1.165, 1.54) is 16.1 Å². The highest BCUT2D eigenvalue weighted by Crippen LogP contribution is 2.19. The molecule has 0 bridgehead atoms. The van der Waals surface area contributed by atoms with Crippen LogP contribution in [0.25, 0.3) is 17.2 Å². The Kier molecular flexibility index (Phi) is 4.46. The minimum atomic E-state index is -0.175. The number of H-pyrrole nitrogens is 1. The van der Waals surface area contributed by atoms with E-state index in [0.29, 0.717) is 23.8 Å². The summed E-state index contributed by atoms with van der Waals surface area (Å²) in [5, 5.41) is 6.35. The molecule has 0 saturated heterocycles. The molecule has 0 aliphatic carbocycles. The lowest BCUT2D eigenvalue weighted by Crippen LogP contribution is -2.17. The van der Waals surface area contributed by atoms with Gasteiger partial charge in [-0.1, -0.05) is 43.3 Å². The largest absolute Gasteiger partial charge is 0.379 e. The van der Waals surface area contributed by atoms with Crippen molar-refractivity contribution in [1.82, 2.24) is 19.6 Å². The Morgan fingerprint density at radius 3 is 2.59 bits per heavy atom. The highest BCUT2D eigenvalue weighted by atomic mass is 16.1. The SMILES string of the molecule is CCc1ccc(NCc2cc(=O)n3[nH]c(-c4ccccc4C)nc3n2)cc1. The maximum atomic E-state index is 12.4. The van der Waals surface area contributed by atoms with E-state index in [9.17, 15) is 4.79 Å². The van der Waals surface area contributed by atoms with E-state index in [2.05, 4.69) is 39.4 Å². The Balaban J connectivity index is 1.61. The van der Waals surface area contributed by atoms with Crippen LogP contribution < -0.4 is 10.9 Å². The molecule has 4 aromatic rings. The van der Waals surface area contributed by atoms with E-state index in [-0.39, 0.29) is 5.56 Å². The molecular weight excluding hydrogens is 338 g/mol. The molecule has 2 heterocycles. The van der Waals surface area contributed by atoms with Crippen LogP contribution in [0.5, 0.6) is 0 Å². The number of rotatable bonds is 5. The first kappa shape index (κ1) is 17.0. The molecule has 4 rings (SSSR count). The number of nitrogens with zero attached hydrogens (tertiary/aromatic N) is 3. The van der Waals surface area contributed by atoms with Crippen LogP contribution >= 0.6 is 0 Å². The molecule has 6 heteroatoms. The molecule has 2 aromatic carbocycles. The molecule has 0 unspecified atom stereocenters. The van der Waals surface area contributed by atoms with Gasteiger partial charge in [-0.2, -0.15) is 9.50 Å². The van der Waals surface area contributed by atoms with Crippen molar-refractivity contribution in [2.45, 2.75) is 26.8 Å². The number of hydrogen-bond acceptors (Lipinski definition) is 4. The summed E-state index contributed by atoms with van der Waals surface area (Å²) in [6.07, 6.45) is 1.01. The van der Waals surface area contributed by atoms with Crippen molar-refractivity contribution < 1.29 is 0 Å². The molecule has 0 atom stereocenters. The Bertz CT molecular complexity index is 1140. The quantitative estimate of drug-likeness (QED) is 0.571. The van der Waals surface area contributed by atoms with E-state index < -0.39 is 0 Å². The number of aromatic amines is 1. The molecule has 2 aromatic heterocycles. The maximum absolute atomic E-state index is 12.4. The predicted octanol–water partition coefficient (Wildman–Crippen LogP) is 3.57. The summed E-state index contributed by atoms with van der Waals surface area (Å²) in [6.45, 7) is 4.60. The Hall–Kier alpha value is -3.41. The first-order valence-electron chi connectivity index (χ1n) is 9.01. The third kappa shape index (κ3) is 3.46. The lowest BCUT2D eigenvalue weighted by molar-refractivity contribution is 0.878. The van der Waals surface area contributed by atoms with Gasteiger partial charge in [-0.3, -0.25) is 9.89 Å². The van der Waals surface area contributed by atoms with Gasteiger partial charge in [0.25, 0.3) is 11.3 Å². The Morgan fingerprint density at radius 2 is 1.85 bits per heavy atom. The zero-order chi connectivity index (χ0) is 18.8. The summed E-state index contributed by atoms with van der Waals surface area (Å²) in [5.74, 6) is 1.01. The number of aromatic nitrogens is 4. The summed E-state index contributed by atoms with van der Waals surface area (Å²) in [5.41, 5.74) is 4.81. The first-order valence-corrected chi connectivity index (χ1v) is 9.01. The molecule has 0 amide bonds. The second-order valence-corrected chi connectivity index (χ2v) is 6.51. The van der Waals surface area contributed by atoms with Gasteiger partial charge in [0.1, 0.15) is 0 Å². The lowest BCUT2D eigenvalue weighted by atomic mass is 10.1. The molecule has 2 N–H and O–H groups in total. The number of hydrogen-bond donors (Lipinski definition) is 2.